The maximum Gasteiger partial charge on any atom is 0.456 e. The van der Waals surface area contributed by atoms with Crippen molar-refractivity contribution in [2.45, 2.75) is 9.79 Å². The summed E-state index contributed by atoms with van der Waals surface area (Å²) in [6, 6.07) is 43.9. The minimum absolute atomic E-state index is 0.418. The maximum atomic E-state index is 7.01. The molecule has 18 heteroatoms. The second-order valence-corrected chi connectivity index (χ2v) is 24.3. The Kier molecular flexibility index (Phi) is 13.8. The van der Waals surface area contributed by atoms with Crippen LogP contribution in [0.3, 0.4) is 0 Å². The van der Waals surface area contributed by atoms with E-state index in [9.17, 15) is 0 Å². The predicted octanol–water partition coefficient (Wildman–Crippen LogP) is 13.8. The first-order chi connectivity index (χ1) is 29.2. The highest BCUT2D eigenvalue weighted by Crippen LogP contribution is 2.88. The van der Waals surface area contributed by atoms with Crippen molar-refractivity contribution in [1.82, 2.24) is 0 Å². The van der Waals surface area contributed by atoms with E-state index in [-0.39, 0.29) is 0 Å². The minimum atomic E-state index is -3.95. The molecule has 1 heterocycles. The second kappa shape index (κ2) is 19.4. The fraction of sp³-hybridized carbons (Fsp3) is 0.143. The molecule has 60 heavy (non-hydrogen) atoms. The molecule has 0 N–H and O–H groups in total. The van der Waals surface area contributed by atoms with Gasteiger partial charge in [0.1, 0.15) is 57.5 Å². The molecule has 6 aromatic carbocycles. The number of rotatable bonds is 18. The van der Waals surface area contributed by atoms with E-state index in [0.29, 0.717) is 57.5 Å². The van der Waals surface area contributed by atoms with Crippen molar-refractivity contribution in [2.75, 3.05) is 42.7 Å². The highest BCUT2D eigenvalue weighted by molar-refractivity contribution is 8.91. The zero-order valence-electron chi connectivity index (χ0n) is 33.4. The monoisotopic (exact) mass is 905 g/mol. The molecule has 0 unspecified atom stereocenters. The summed E-state index contributed by atoms with van der Waals surface area (Å²) in [7, 11) is 1.75. The van der Waals surface area contributed by atoms with E-state index in [1.807, 2.05) is 48.5 Å². The molecule has 7 rings (SSSR count). The van der Waals surface area contributed by atoms with Crippen LogP contribution >= 0.6 is 43.7 Å². The van der Waals surface area contributed by atoms with Crippen LogP contribution in [0.2, 0.25) is 0 Å². The fourth-order valence-corrected chi connectivity index (χ4v) is 23.8. The highest BCUT2D eigenvalue weighted by atomic mass is 33.1. The largest absolute Gasteiger partial charge is 0.497 e. The highest BCUT2D eigenvalue weighted by Gasteiger charge is 2.46. The molecule has 0 bridgehead atoms. The Morgan fingerprint density at radius 2 is 0.500 bits per heavy atom. The molecule has 0 amide bonds. The van der Waals surface area contributed by atoms with Crippen LogP contribution in [0.15, 0.2) is 169 Å². The van der Waals surface area contributed by atoms with Gasteiger partial charge in [-0.3, -0.25) is 0 Å². The molecule has 0 aliphatic carbocycles. The summed E-state index contributed by atoms with van der Waals surface area (Å²) in [6.07, 6.45) is 0. The van der Waals surface area contributed by atoms with E-state index >= 15 is 0 Å². The third kappa shape index (κ3) is 10.7. The van der Waals surface area contributed by atoms with Crippen molar-refractivity contribution in [2.24, 2.45) is 13.5 Å². The first-order valence-corrected chi connectivity index (χ1v) is 25.7. The zero-order chi connectivity index (χ0) is 42.0. The summed E-state index contributed by atoms with van der Waals surface area (Å²) < 4.78 is 77.5. The van der Waals surface area contributed by atoms with Gasteiger partial charge in [-0.1, -0.05) is 4.52 Å². The summed E-state index contributed by atoms with van der Waals surface area (Å²) >= 11 is 2.91. The van der Waals surface area contributed by atoms with Crippen molar-refractivity contribution in [1.29, 1.82) is 0 Å². The van der Waals surface area contributed by atoms with E-state index in [0.717, 1.165) is 9.79 Å². The third-order valence-corrected chi connectivity index (χ3v) is 23.7. The first kappa shape index (κ1) is 42.8. The average molecular weight is 906 g/mol. The number of nitrogens with zero attached hydrogens (tertiary/aromatic N) is 3. The summed E-state index contributed by atoms with van der Waals surface area (Å²) in [5.74, 6) is 5.61. The van der Waals surface area contributed by atoms with Gasteiger partial charge >= 0.3 is 15.3 Å². The molecule has 0 aromatic heterocycles. The lowest BCUT2D eigenvalue weighted by Gasteiger charge is -2.33. The predicted molar refractivity (Wildman–Crippen MR) is 240 cm³/mol. The van der Waals surface area contributed by atoms with Crippen LogP contribution in [0.5, 0.6) is 57.5 Å². The number of methoxy groups -OCH3 is 6. The smallest absolute Gasteiger partial charge is 0.456 e. The van der Waals surface area contributed by atoms with Crippen molar-refractivity contribution in [3.8, 4) is 57.5 Å². The van der Waals surface area contributed by atoms with E-state index < -0.39 is 20.9 Å². The summed E-state index contributed by atoms with van der Waals surface area (Å²) in [4.78, 5) is 1.69. The SMILES string of the molecule is COc1ccc(OP2(Oc3ccc(OC)cc3)=NP(Oc3ccc(OC)cc3)(Oc3ccc(OC)cc3)=NP(Sc3ccc(OC)cc3)(Sc3ccc(OC)cc3)=N2)cc1. The van der Waals surface area contributed by atoms with Gasteiger partial charge in [-0.05, 0) is 168 Å². The van der Waals surface area contributed by atoms with Crippen LogP contribution in [0, 0.1) is 0 Å². The maximum absolute atomic E-state index is 7.01. The number of ether oxygens (including phenoxy) is 6. The van der Waals surface area contributed by atoms with Gasteiger partial charge in [0.15, 0.2) is 0 Å². The Balaban J connectivity index is 1.55. The van der Waals surface area contributed by atoms with Gasteiger partial charge in [0.25, 0.3) is 0 Å². The van der Waals surface area contributed by atoms with Crippen LogP contribution in [0.4, 0.5) is 0 Å². The molecule has 1 aliphatic rings. The van der Waals surface area contributed by atoms with Crippen molar-refractivity contribution < 1.29 is 46.5 Å². The number of hydrogen-bond donors (Lipinski definition) is 0. The van der Waals surface area contributed by atoms with Gasteiger partial charge in [0.2, 0.25) is 5.61 Å². The summed E-state index contributed by atoms with van der Waals surface area (Å²) in [5, 5.41) is 0. The molecule has 0 radical (unpaired) electrons. The van der Waals surface area contributed by atoms with Crippen LogP contribution in [0.25, 0.3) is 0 Å². The van der Waals surface area contributed by atoms with E-state index in [1.54, 1.807) is 140 Å². The van der Waals surface area contributed by atoms with E-state index in [2.05, 4.69) is 0 Å². The molecule has 6 aromatic rings. The van der Waals surface area contributed by atoms with Gasteiger partial charge in [0.05, 0.1) is 42.7 Å². The molecule has 0 atom stereocenters. The van der Waals surface area contributed by atoms with Crippen molar-refractivity contribution in [3.63, 3.8) is 0 Å². The normalized spacial score (nSPS) is 14.4. The Hall–Kier alpha value is -5.29. The van der Waals surface area contributed by atoms with Crippen LogP contribution in [0.1, 0.15) is 0 Å². The standard InChI is InChI=1S/C42H42N3O10P3S2/c1-46-31-7-15-37(16-8-31)52-56(53-38-17-9-32(47-2)10-18-38)43-57(54-39-19-11-33(48-3)12-20-39,55-40-21-13-34(49-4)14-22-40)45-58(44-56,59-41-27-23-35(50-5)24-28-41)60-42-29-25-36(51-6)26-30-42/h7-30H,1-6H3. The molecule has 0 spiro atoms. The lowest BCUT2D eigenvalue weighted by atomic mass is 10.3. The quantitative estimate of drug-likeness (QED) is 0.0761. The van der Waals surface area contributed by atoms with E-state index in [4.69, 9.17) is 60.1 Å². The fourth-order valence-electron chi connectivity index (χ4n) is 5.40. The van der Waals surface area contributed by atoms with Crippen LogP contribution in [-0.2, 0) is 0 Å². The van der Waals surface area contributed by atoms with Gasteiger partial charge in [-0.2, -0.15) is 0 Å². The zero-order valence-corrected chi connectivity index (χ0v) is 37.8. The molecule has 0 fully saturated rings. The van der Waals surface area contributed by atoms with Crippen LogP contribution in [-0.4, -0.2) is 42.7 Å². The Morgan fingerprint density at radius 3 is 0.750 bits per heavy atom. The van der Waals surface area contributed by atoms with Gasteiger partial charge in [0, 0.05) is 9.79 Å². The molecule has 13 nitrogen and oxygen atoms in total. The molecular weight excluding hydrogens is 864 g/mol. The summed E-state index contributed by atoms with van der Waals surface area (Å²) in [5.41, 5.74) is -3.33. The summed E-state index contributed by atoms with van der Waals surface area (Å²) in [6.45, 7) is 0. The molecule has 0 saturated carbocycles. The second-order valence-electron chi connectivity index (χ2n) is 12.3. The number of benzene rings is 6. The molecule has 1 aliphatic heterocycles. The lowest BCUT2D eigenvalue weighted by Crippen LogP contribution is -2.07. The van der Waals surface area contributed by atoms with Gasteiger partial charge in [-0.15, -0.1) is 9.03 Å². The minimum Gasteiger partial charge on any atom is -0.497 e. The van der Waals surface area contributed by atoms with Crippen molar-refractivity contribution >= 4 is 43.7 Å². The lowest BCUT2D eigenvalue weighted by molar-refractivity contribution is 0.412. The molecular formula is C42H42N3O10P3S2. The first-order valence-electron chi connectivity index (χ1n) is 18.1. The van der Waals surface area contributed by atoms with Gasteiger partial charge < -0.3 is 46.5 Å². The van der Waals surface area contributed by atoms with Crippen molar-refractivity contribution in [3.05, 3.63) is 146 Å². The molecule has 312 valence electrons. The topological polar surface area (TPSA) is 129 Å². The third-order valence-electron chi connectivity index (χ3n) is 8.38. The van der Waals surface area contributed by atoms with Crippen LogP contribution < -0.4 is 46.5 Å². The van der Waals surface area contributed by atoms with E-state index in [1.165, 1.54) is 22.8 Å². The Morgan fingerprint density at radius 1 is 0.283 bits per heavy atom. The Labute approximate surface area is 357 Å². The number of hydrogen-bond acceptors (Lipinski definition) is 15. The average Bonchev–Trinajstić information content (AvgIpc) is 3.27. The van der Waals surface area contributed by atoms with Gasteiger partial charge in [-0.25, -0.2) is 0 Å². The molecule has 0 saturated heterocycles. The Bertz CT molecular complexity index is 2070.